The number of rotatable bonds is 8. The molecule has 63 heavy (non-hydrogen) atoms. The minimum absolute atomic E-state index is 0.630. The average molecular weight is 808 g/mol. The fraction of sp³-hybridized carbons (Fsp3) is 0. The molecule has 296 valence electrons. The van der Waals surface area contributed by atoms with Crippen LogP contribution >= 0.6 is 0 Å². The van der Waals surface area contributed by atoms with Gasteiger partial charge in [0.2, 0.25) is 0 Å². The molecule has 5 heteroatoms. The normalized spacial score (nSPS) is 11.5. The van der Waals surface area contributed by atoms with Crippen molar-refractivity contribution in [3.63, 3.8) is 0 Å². The largest absolute Gasteiger partial charge is 0.456 e. The average Bonchev–Trinajstić information content (AvgIpc) is 3.93. The molecule has 0 aliphatic rings. The number of anilines is 3. The van der Waals surface area contributed by atoms with Crippen molar-refractivity contribution in [1.82, 2.24) is 9.97 Å². The van der Waals surface area contributed by atoms with Crippen LogP contribution in [-0.2, 0) is 0 Å². The minimum atomic E-state index is 0.630. The highest BCUT2D eigenvalue weighted by molar-refractivity contribution is 6.07. The predicted octanol–water partition coefficient (Wildman–Crippen LogP) is 16.1. The molecular formula is C58H37N3O2. The maximum absolute atomic E-state index is 6.21. The van der Waals surface area contributed by atoms with Crippen molar-refractivity contribution >= 4 is 60.9 Å². The van der Waals surface area contributed by atoms with Crippen molar-refractivity contribution in [1.29, 1.82) is 0 Å². The third-order valence-corrected chi connectivity index (χ3v) is 12.0. The number of aromatic nitrogens is 2. The molecule has 5 nitrogen and oxygen atoms in total. The van der Waals surface area contributed by atoms with Crippen LogP contribution < -0.4 is 4.90 Å². The Hall–Kier alpha value is -8.54. The molecule has 3 heterocycles. The summed E-state index contributed by atoms with van der Waals surface area (Å²) in [5, 5.41) is 4.35. The molecule has 0 aliphatic carbocycles. The van der Waals surface area contributed by atoms with Crippen molar-refractivity contribution in [3.05, 3.63) is 225 Å². The van der Waals surface area contributed by atoms with Crippen LogP contribution in [0.2, 0.25) is 0 Å². The molecule has 0 saturated carbocycles. The zero-order chi connectivity index (χ0) is 41.7. The fourth-order valence-corrected chi connectivity index (χ4v) is 8.80. The van der Waals surface area contributed by atoms with Gasteiger partial charge in [0.05, 0.1) is 18.1 Å². The van der Waals surface area contributed by atoms with Crippen LogP contribution in [0, 0.1) is 0 Å². The van der Waals surface area contributed by atoms with Gasteiger partial charge in [0.15, 0.2) is 5.82 Å². The molecule has 0 atom stereocenters. The fourth-order valence-electron chi connectivity index (χ4n) is 8.80. The molecule has 0 spiro atoms. The second kappa shape index (κ2) is 15.2. The first-order valence-corrected chi connectivity index (χ1v) is 21.1. The smallest absolute Gasteiger partial charge is 0.159 e. The van der Waals surface area contributed by atoms with Crippen LogP contribution in [0.3, 0.4) is 0 Å². The Morgan fingerprint density at radius 1 is 0.270 bits per heavy atom. The Morgan fingerprint density at radius 2 is 0.651 bits per heavy atom. The van der Waals surface area contributed by atoms with E-state index in [1.807, 2.05) is 48.8 Å². The van der Waals surface area contributed by atoms with Gasteiger partial charge in [0.1, 0.15) is 22.3 Å². The van der Waals surface area contributed by atoms with E-state index in [4.69, 9.17) is 18.8 Å². The quantitative estimate of drug-likeness (QED) is 0.153. The van der Waals surface area contributed by atoms with Crippen molar-refractivity contribution in [2.75, 3.05) is 4.90 Å². The minimum Gasteiger partial charge on any atom is -0.456 e. The van der Waals surface area contributed by atoms with Crippen molar-refractivity contribution in [2.24, 2.45) is 0 Å². The van der Waals surface area contributed by atoms with E-state index < -0.39 is 0 Å². The summed E-state index contributed by atoms with van der Waals surface area (Å²) < 4.78 is 12.4. The van der Waals surface area contributed by atoms with Gasteiger partial charge in [0, 0.05) is 38.5 Å². The third-order valence-electron chi connectivity index (χ3n) is 12.0. The predicted molar refractivity (Wildman–Crippen MR) is 258 cm³/mol. The highest BCUT2D eigenvalue weighted by Crippen LogP contribution is 2.40. The molecule has 0 aliphatic heterocycles. The van der Waals surface area contributed by atoms with Crippen molar-refractivity contribution in [2.45, 2.75) is 0 Å². The number of nitrogens with zero attached hydrogens (tertiary/aromatic N) is 3. The van der Waals surface area contributed by atoms with Crippen LogP contribution in [0.1, 0.15) is 0 Å². The van der Waals surface area contributed by atoms with Crippen LogP contribution in [0.25, 0.3) is 99.8 Å². The summed E-state index contributed by atoms with van der Waals surface area (Å²) in [5.74, 6) is 0.630. The Labute approximate surface area is 363 Å². The molecule has 0 radical (unpaired) electrons. The number of furan rings is 2. The summed E-state index contributed by atoms with van der Waals surface area (Å²) >= 11 is 0. The number of hydrogen-bond donors (Lipinski definition) is 0. The highest BCUT2D eigenvalue weighted by atomic mass is 16.3. The van der Waals surface area contributed by atoms with Gasteiger partial charge in [-0.25, -0.2) is 9.97 Å². The summed E-state index contributed by atoms with van der Waals surface area (Å²) in [6, 6.07) is 74.2. The van der Waals surface area contributed by atoms with Gasteiger partial charge in [-0.3, -0.25) is 0 Å². The van der Waals surface area contributed by atoms with Gasteiger partial charge in [-0.15, -0.1) is 0 Å². The molecule has 9 aromatic carbocycles. The highest BCUT2D eigenvalue weighted by Gasteiger charge is 2.18. The number of fused-ring (bicyclic) bond motifs is 6. The number of benzene rings is 9. The SMILES string of the molecule is c1ccc(-c2ccc(N(c3ccc(-c4ccccc4)cc3)c3cnc(-c4cc(-c5ccc6oc7ccccc7c6c5)cc(-c5ccc6oc7ccccc7c6c5)c4)nc3)cc2)cc1. The van der Waals surface area contributed by atoms with Crippen LogP contribution in [0.5, 0.6) is 0 Å². The Morgan fingerprint density at radius 3 is 1.13 bits per heavy atom. The molecule has 0 saturated heterocycles. The lowest BCUT2D eigenvalue weighted by Gasteiger charge is -2.25. The van der Waals surface area contributed by atoms with Crippen LogP contribution in [-0.4, -0.2) is 9.97 Å². The monoisotopic (exact) mass is 807 g/mol. The zero-order valence-electron chi connectivity index (χ0n) is 34.0. The Bertz CT molecular complexity index is 3380. The zero-order valence-corrected chi connectivity index (χ0v) is 34.0. The maximum atomic E-state index is 6.21. The Balaban J connectivity index is 0.970. The molecule has 0 unspecified atom stereocenters. The number of para-hydroxylation sites is 2. The van der Waals surface area contributed by atoms with Gasteiger partial charge < -0.3 is 13.7 Å². The first-order chi connectivity index (χ1) is 31.2. The first kappa shape index (κ1) is 36.3. The second-order valence-electron chi connectivity index (χ2n) is 15.8. The van der Waals surface area contributed by atoms with E-state index in [9.17, 15) is 0 Å². The van der Waals surface area contributed by atoms with Crippen molar-refractivity contribution < 1.29 is 8.83 Å². The van der Waals surface area contributed by atoms with E-state index in [0.29, 0.717) is 5.82 Å². The first-order valence-electron chi connectivity index (χ1n) is 21.1. The van der Waals surface area contributed by atoms with E-state index in [1.165, 1.54) is 11.1 Å². The van der Waals surface area contributed by atoms with Gasteiger partial charge >= 0.3 is 0 Å². The van der Waals surface area contributed by atoms with Gasteiger partial charge in [-0.2, -0.15) is 0 Å². The lowest BCUT2D eigenvalue weighted by atomic mass is 9.94. The molecule has 0 N–H and O–H groups in total. The van der Waals surface area contributed by atoms with Crippen LogP contribution in [0.4, 0.5) is 17.1 Å². The molecule has 12 aromatic rings. The van der Waals surface area contributed by atoms with E-state index in [-0.39, 0.29) is 0 Å². The molecule has 0 amide bonds. The van der Waals surface area contributed by atoms with E-state index >= 15 is 0 Å². The third kappa shape index (κ3) is 6.69. The second-order valence-corrected chi connectivity index (χ2v) is 15.8. The van der Waals surface area contributed by atoms with Gasteiger partial charge in [0.25, 0.3) is 0 Å². The molecule has 3 aromatic heterocycles. The van der Waals surface area contributed by atoms with Gasteiger partial charge in [-0.1, -0.05) is 133 Å². The standard InChI is InChI=1S/C58H37N3O2/c1-3-11-38(12-4-1)40-19-25-47(26-20-40)61(48-27-21-41(22-28-48)39-13-5-2-6-14-39)49-36-59-58(60-37-49)46-32-44(42-23-29-56-52(34-42)50-15-7-9-17-54(50)62-56)31-45(33-46)43-24-30-57-53(35-43)51-16-8-10-18-55(51)63-57/h1-37H. The van der Waals surface area contributed by atoms with Crippen LogP contribution in [0.15, 0.2) is 234 Å². The van der Waals surface area contributed by atoms with Crippen molar-refractivity contribution in [3.8, 4) is 55.9 Å². The topological polar surface area (TPSA) is 55.3 Å². The molecule has 0 fully saturated rings. The molecular weight excluding hydrogens is 771 g/mol. The summed E-state index contributed by atoms with van der Waals surface area (Å²) in [6.45, 7) is 0. The van der Waals surface area contributed by atoms with E-state index in [2.05, 4.69) is 181 Å². The summed E-state index contributed by atoms with van der Waals surface area (Å²) in [7, 11) is 0. The maximum Gasteiger partial charge on any atom is 0.159 e. The summed E-state index contributed by atoms with van der Waals surface area (Å²) in [4.78, 5) is 12.4. The number of hydrogen-bond acceptors (Lipinski definition) is 5. The molecule has 0 bridgehead atoms. The summed E-state index contributed by atoms with van der Waals surface area (Å²) in [5.41, 5.74) is 16.2. The lowest BCUT2D eigenvalue weighted by Crippen LogP contribution is -2.11. The van der Waals surface area contributed by atoms with E-state index in [1.54, 1.807) is 0 Å². The Kier molecular flexibility index (Phi) is 8.75. The molecule has 12 rings (SSSR count). The lowest BCUT2D eigenvalue weighted by molar-refractivity contribution is 0.668. The summed E-state index contributed by atoms with van der Waals surface area (Å²) in [6.07, 6.45) is 3.86. The van der Waals surface area contributed by atoms with Gasteiger partial charge in [-0.05, 0) is 123 Å². The van der Waals surface area contributed by atoms with E-state index in [0.717, 1.165) is 99.9 Å².